The summed E-state index contributed by atoms with van der Waals surface area (Å²) in [5.74, 6) is -0.435. The van der Waals surface area contributed by atoms with Crippen molar-refractivity contribution in [2.45, 2.75) is 11.4 Å². The number of pyridine rings is 1. The zero-order chi connectivity index (χ0) is 19.1. The molecule has 3 aromatic rings. The monoisotopic (exact) mass is 377 g/mol. The van der Waals surface area contributed by atoms with Crippen LogP contribution in [0, 0.1) is 0 Å². The molecule has 0 saturated carbocycles. The van der Waals surface area contributed by atoms with Crippen LogP contribution >= 0.6 is 11.8 Å². The third-order valence-corrected chi connectivity index (χ3v) is 4.63. The van der Waals surface area contributed by atoms with Crippen LogP contribution in [0.4, 0.5) is 5.69 Å². The first-order valence-corrected chi connectivity index (χ1v) is 9.62. The predicted octanol–water partition coefficient (Wildman–Crippen LogP) is 3.99. The molecule has 1 aromatic heterocycles. The summed E-state index contributed by atoms with van der Waals surface area (Å²) in [6.45, 7) is 0.345. The molecule has 3 rings (SSSR count). The van der Waals surface area contributed by atoms with Gasteiger partial charge in [0.2, 0.25) is 0 Å². The van der Waals surface area contributed by atoms with Crippen molar-refractivity contribution >= 4 is 29.3 Å². The van der Waals surface area contributed by atoms with Gasteiger partial charge in [-0.2, -0.15) is 0 Å². The maximum atomic E-state index is 12.4. The van der Waals surface area contributed by atoms with Crippen molar-refractivity contribution in [2.75, 3.05) is 11.6 Å². The highest BCUT2D eigenvalue weighted by atomic mass is 32.2. The standard InChI is InChI=1S/C21H19N3O2S/c1-27-19-10-8-15(9-11-19)21(26)24-17-7-4-5-16(13-17)20(25)23-14-18-6-2-3-12-22-18/h2-13H,14H2,1H3,(H,23,25)(H,24,26). The minimum Gasteiger partial charge on any atom is -0.346 e. The highest BCUT2D eigenvalue weighted by Crippen LogP contribution is 2.17. The van der Waals surface area contributed by atoms with Crippen LogP contribution in [0.1, 0.15) is 26.4 Å². The second kappa shape index (κ2) is 9.00. The highest BCUT2D eigenvalue weighted by Gasteiger charge is 2.09. The largest absolute Gasteiger partial charge is 0.346 e. The van der Waals surface area contributed by atoms with E-state index in [2.05, 4.69) is 15.6 Å². The number of nitrogens with zero attached hydrogens (tertiary/aromatic N) is 1. The van der Waals surface area contributed by atoms with Crippen LogP contribution in [0.5, 0.6) is 0 Å². The average Bonchev–Trinajstić information content (AvgIpc) is 2.73. The lowest BCUT2D eigenvalue weighted by molar-refractivity contribution is 0.0949. The number of amides is 2. The molecule has 2 N–H and O–H groups in total. The van der Waals surface area contributed by atoms with E-state index in [-0.39, 0.29) is 11.8 Å². The Balaban J connectivity index is 1.63. The van der Waals surface area contributed by atoms with Gasteiger partial charge in [0, 0.05) is 27.9 Å². The molecule has 0 radical (unpaired) electrons. The molecular weight excluding hydrogens is 358 g/mol. The van der Waals surface area contributed by atoms with E-state index in [0.29, 0.717) is 23.4 Å². The molecule has 27 heavy (non-hydrogen) atoms. The zero-order valence-electron chi connectivity index (χ0n) is 14.8. The number of nitrogens with one attached hydrogen (secondary N) is 2. The molecule has 2 aromatic carbocycles. The van der Waals surface area contributed by atoms with E-state index in [1.807, 2.05) is 36.6 Å². The van der Waals surface area contributed by atoms with Gasteiger partial charge in [-0.25, -0.2) is 0 Å². The highest BCUT2D eigenvalue weighted by molar-refractivity contribution is 7.98. The Morgan fingerprint density at radius 2 is 1.74 bits per heavy atom. The summed E-state index contributed by atoms with van der Waals surface area (Å²) in [7, 11) is 0. The Bertz CT molecular complexity index is 928. The average molecular weight is 377 g/mol. The topological polar surface area (TPSA) is 71.1 Å². The van der Waals surface area contributed by atoms with Gasteiger partial charge in [0.05, 0.1) is 12.2 Å². The molecule has 0 fully saturated rings. The Kier molecular flexibility index (Phi) is 6.22. The van der Waals surface area contributed by atoms with Gasteiger partial charge >= 0.3 is 0 Å². The Morgan fingerprint density at radius 3 is 2.44 bits per heavy atom. The minimum absolute atomic E-state index is 0.214. The van der Waals surface area contributed by atoms with Crippen molar-refractivity contribution in [3.8, 4) is 0 Å². The molecule has 0 aliphatic heterocycles. The molecule has 0 aliphatic carbocycles. The summed E-state index contributed by atoms with van der Waals surface area (Å²) >= 11 is 1.62. The van der Waals surface area contributed by atoms with Gasteiger partial charge in [-0.1, -0.05) is 12.1 Å². The van der Waals surface area contributed by atoms with E-state index in [4.69, 9.17) is 0 Å². The SMILES string of the molecule is CSc1ccc(C(=O)Nc2cccc(C(=O)NCc3ccccn3)c2)cc1. The maximum Gasteiger partial charge on any atom is 0.255 e. The Morgan fingerprint density at radius 1 is 0.926 bits per heavy atom. The van der Waals surface area contributed by atoms with Crippen molar-refractivity contribution in [3.05, 3.63) is 89.7 Å². The molecule has 1 heterocycles. The summed E-state index contributed by atoms with van der Waals surface area (Å²) in [6, 6.07) is 19.8. The second-order valence-corrected chi connectivity index (χ2v) is 6.65. The van der Waals surface area contributed by atoms with Crippen LogP contribution in [-0.4, -0.2) is 23.1 Å². The van der Waals surface area contributed by atoms with Crippen LogP contribution in [-0.2, 0) is 6.54 Å². The molecule has 0 atom stereocenters. The number of hydrogen-bond donors (Lipinski definition) is 2. The van der Waals surface area contributed by atoms with Gasteiger partial charge in [0.1, 0.15) is 0 Å². The molecule has 0 spiro atoms. The summed E-state index contributed by atoms with van der Waals surface area (Å²) in [6.07, 6.45) is 3.67. The molecule has 6 heteroatoms. The summed E-state index contributed by atoms with van der Waals surface area (Å²) in [5, 5.41) is 5.65. The molecule has 136 valence electrons. The van der Waals surface area contributed by atoms with Gasteiger partial charge in [0.15, 0.2) is 0 Å². The van der Waals surface area contributed by atoms with E-state index < -0.39 is 0 Å². The van der Waals surface area contributed by atoms with Crippen molar-refractivity contribution in [3.63, 3.8) is 0 Å². The number of thioether (sulfide) groups is 1. The van der Waals surface area contributed by atoms with Gasteiger partial charge in [-0.15, -0.1) is 11.8 Å². The van der Waals surface area contributed by atoms with Crippen LogP contribution in [0.15, 0.2) is 77.8 Å². The van der Waals surface area contributed by atoms with Crippen molar-refractivity contribution in [2.24, 2.45) is 0 Å². The first-order chi connectivity index (χ1) is 13.2. The van der Waals surface area contributed by atoms with Crippen LogP contribution in [0.3, 0.4) is 0 Å². The third-order valence-electron chi connectivity index (χ3n) is 3.89. The van der Waals surface area contributed by atoms with Gasteiger partial charge < -0.3 is 10.6 Å². The molecule has 5 nitrogen and oxygen atoms in total. The lowest BCUT2D eigenvalue weighted by Crippen LogP contribution is -2.23. The number of hydrogen-bond acceptors (Lipinski definition) is 4. The maximum absolute atomic E-state index is 12.4. The fourth-order valence-electron chi connectivity index (χ4n) is 2.46. The third kappa shape index (κ3) is 5.18. The molecular formula is C21H19N3O2S. The fraction of sp³-hybridized carbons (Fsp3) is 0.0952. The van der Waals surface area contributed by atoms with Gasteiger partial charge in [-0.05, 0) is 60.9 Å². The normalized spacial score (nSPS) is 10.3. The van der Waals surface area contributed by atoms with Crippen LogP contribution in [0.25, 0.3) is 0 Å². The number of benzene rings is 2. The number of rotatable bonds is 6. The van der Waals surface area contributed by atoms with E-state index in [1.54, 1.807) is 54.4 Å². The summed E-state index contributed by atoms with van der Waals surface area (Å²) in [5.41, 5.74) is 2.39. The second-order valence-electron chi connectivity index (χ2n) is 5.77. The number of carbonyl (C=O) groups excluding carboxylic acids is 2. The fourth-order valence-corrected chi connectivity index (χ4v) is 2.87. The smallest absolute Gasteiger partial charge is 0.255 e. The summed E-state index contributed by atoms with van der Waals surface area (Å²) < 4.78 is 0. The van der Waals surface area contributed by atoms with Crippen LogP contribution in [0.2, 0.25) is 0 Å². The van der Waals surface area contributed by atoms with E-state index in [0.717, 1.165) is 10.6 Å². The van der Waals surface area contributed by atoms with Gasteiger partial charge in [0.25, 0.3) is 11.8 Å². The molecule has 0 saturated heterocycles. The van der Waals surface area contributed by atoms with Crippen molar-refractivity contribution < 1.29 is 9.59 Å². The lowest BCUT2D eigenvalue weighted by Gasteiger charge is -2.09. The van der Waals surface area contributed by atoms with Crippen LogP contribution < -0.4 is 10.6 Å². The molecule has 2 amide bonds. The van der Waals surface area contributed by atoms with E-state index in [9.17, 15) is 9.59 Å². The predicted molar refractivity (Wildman–Crippen MR) is 108 cm³/mol. The first-order valence-electron chi connectivity index (χ1n) is 8.39. The Hall–Kier alpha value is -3.12. The van der Waals surface area contributed by atoms with E-state index in [1.165, 1.54) is 0 Å². The number of carbonyl (C=O) groups is 2. The molecule has 0 unspecified atom stereocenters. The molecule has 0 bridgehead atoms. The van der Waals surface area contributed by atoms with Crippen molar-refractivity contribution in [1.82, 2.24) is 10.3 Å². The lowest BCUT2D eigenvalue weighted by atomic mass is 10.1. The quantitative estimate of drug-likeness (QED) is 0.637. The van der Waals surface area contributed by atoms with Gasteiger partial charge in [-0.3, -0.25) is 14.6 Å². The number of anilines is 1. The minimum atomic E-state index is -0.221. The number of aromatic nitrogens is 1. The molecule has 0 aliphatic rings. The summed E-state index contributed by atoms with van der Waals surface area (Å²) in [4.78, 5) is 30.0. The first kappa shape index (κ1) is 18.7. The van der Waals surface area contributed by atoms with E-state index >= 15 is 0 Å². The Labute approximate surface area is 162 Å². The zero-order valence-corrected chi connectivity index (χ0v) is 15.6. The van der Waals surface area contributed by atoms with Crippen molar-refractivity contribution in [1.29, 1.82) is 0 Å².